The molecule has 3 N–H and O–H groups in total. The number of sulfonamides is 1. The van der Waals surface area contributed by atoms with Gasteiger partial charge in [0.25, 0.3) is 0 Å². The summed E-state index contributed by atoms with van der Waals surface area (Å²) in [5.41, 5.74) is 1.40. The first-order valence-corrected chi connectivity index (χ1v) is 10.4. The van der Waals surface area contributed by atoms with Crippen LogP contribution < -0.4 is 15.4 Å². The monoisotopic (exact) mass is 391 g/mol. The number of benzene rings is 1. The largest absolute Gasteiger partial charge is 0.461 e. The van der Waals surface area contributed by atoms with Crippen LogP contribution in [0, 0.1) is 6.92 Å². The number of urea groups is 1. The van der Waals surface area contributed by atoms with Gasteiger partial charge in [-0.2, -0.15) is 0 Å². The number of carbonyl (C=O) groups excluding carboxylic acids is 2. The summed E-state index contributed by atoms with van der Waals surface area (Å²) < 4.78 is 33.9. The SMILES string of the molecule is CC(=O)c1c(C)oc2ccc(NS(=O)(=O)C3CCC4NC(=O)NC4C3)cc12. The number of amides is 2. The molecule has 2 fully saturated rings. The van der Waals surface area contributed by atoms with E-state index in [1.165, 1.54) is 6.92 Å². The van der Waals surface area contributed by atoms with Gasteiger partial charge >= 0.3 is 6.03 Å². The molecule has 1 aliphatic carbocycles. The Morgan fingerprint density at radius 1 is 1.22 bits per heavy atom. The zero-order valence-electron chi connectivity index (χ0n) is 15.0. The Morgan fingerprint density at radius 3 is 2.70 bits per heavy atom. The molecule has 2 aliphatic rings. The van der Waals surface area contributed by atoms with Gasteiger partial charge in [0.05, 0.1) is 22.9 Å². The van der Waals surface area contributed by atoms with Crippen molar-refractivity contribution in [3.8, 4) is 0 Å². The third kappa shape index (κ3) is 3.16. The molecule has 0 spiro atoms. The van der Waals surface area contributed by atoms with Crippen molar-refractivity contribution in [3.05, 3.63) is 29.5 Å². The van der Waals surface area contributed by atoms with Gasteiger partial charge in [-0.15, -0.1) is 0 Å². The Kier molecular flexibility index (Phi) is 4.14. The van der Waals surface area contributed by atoms with Gasteiger partial charge in [0.2, 0.25) is 10.0 Å². The second-order valence-corrected chi connectivity index (χ2v) is 9.17. The fourth-order valence-electron chi connectivity index (χ4n) is 4.09. The fourth-order valence-corrected chi connectivity index (χ4v) is 5.62. The predicted octanol–water partition coefficient (Wildman–Crippen LogP) is 2.29. The van der Waals surface area contributed by atoms with Gasteiger partial charge < -0.3 is 15.1 Å². The van der Waals surface area contributed by atoms with E-state index >= 15 is 0 Å². The van der Waals surface area contributed by atoms with Crippen LogP contribution in [0.1, 0.15) is 42.3 Å². The maximum absolute atomic E-state index is 12.9. The minimum atomic E-state index is -3.63. The van der Waals surface area contributed by atoms with Gasteiger partial charge in [0.15, 0.2) is 5.78 Å². The highest BCUT2D eigenvalue weighted by Gasteiger charge is 2.41. The number of anilines is 1. The predicted molar refractivity (Wildman–Crippen MR) is 100 cm³/mol. The van der Waals surface area contributed by atoms with E-state index in [0.29, 0.717) is 47.2 Å². The number of nitrogens with one attached hydrogen (secondary N) is 3. The second-order valence-electron chi connectivity index (χ2n) is 7.21. The molecule has 3 unspecified atom stereocenters. The maximum Gasteiger partial charge on any atom is 0.315 e. The average molecular weight is 391 g/mol. The Bertz CT molecular complexity index is 1040. The number of furan rings is 1. The van der Waals surface area contributed by atoms with Crippen molar-refractivity contribution in [2.45, 2.75) is 50.4 Å². The third-order valence-corrected chi connectivity index (χ3v) is 7.18. The lowest BCUT2D eigenvalue weighted by molar-refractivity contribution is 0.101. The van der Waals surface area contributed by atoms with E-state index in [0.717, 1.165) is 0 Å². The highest BCUT2D eigenvalue weighted by molar-refractivity contribution is 7.93. The number of Topliss-reactive ketones (excluding diaryl/α,β-unsaturated/α-hetero) is 1. The molecule has 2 amide bonds. The summed E-state index contributed by atoms with van der Waals surface area (Å²) in [5.74, 6) is 0.384. The standard InChI is InChI=1S/C18H21N3O5S/c1-9(22)17-10(2)26-16-6-3-11(7-13(16)17)21-27(24,25)12-4-5-14-15(8-12)20-18(23)19-14/h3,6-7,12,14-15,21H,4-5,8H2,1-2H3,(H2,19,20,23). The lowest BCUT2D eigenvalue weighted by atomic mass is 9.91. The summed E-state index contributed by atoms with van der Waals surface area (Å²) in [5, 5.41) is 5.59. The molecule has 1 aromatic carbocycles. The van der Waals surface area contributed by atoms with Crippen LogP contribution in [0.3, 0.4) is 0 Å². The van der Waals surface area contributed by atoms with Crippen LogP contribution >= 0.6 is 0 Å². The molecule has 8 nitrogen and oxygen atoms in total. The molecule has 2 heterocycles. The van der Waals surface area contributed by atoms with Crippen molar-refractivity contribution in [1.29, 1.82) is 0 Å². The van der Waals surface area contributed by atoms with Crippen LogP contribution in [0.4, 0.5) is 10.5 Å². The van der Waals surface area contributed by atoms with Crippen molar-refractivity contribution in [2.75, 3.05) is 4.72 Å². The number of hydrogen-bond acceptors (Lipinski definition) is 5. The van der Waals surface area contributed by atoms with E-state index in [9.17, 15) is 18.0 Å². The minimum Gasteiger partial charge on any atom is -0.461 e. The Labute approximate surface area is 156 Å². The summed E-state index contributed by atoms with van der Waals surface area (Å²) in [7, 11) is -3.63. The molecule has 1 aromatic heterocycles. The van der Waals surface area contributed by atoms with Gasteiger partial charge in [0, 0.05) is 11.1 Å². The molecule has 9 heteroatoms. The summed E-state index contributed by atoms with van der Waals surface area (Å²) in [6, 6.07) is 4.49. The smallest absolute Gasteiger partial charge is 0.315 e. The van der Waals surface area contributed by atoms with E-state index < -0.39 is 15.3 Å². The van der Waals surface area contributed by atoms with Crippen molar-refractivity contribution in [1.82, 2.24) is 10.6 Å². The highest BCUT2D eigenvalue weighted by atomic mass is 32.2. The number of fused-ring (bicyclic) bond motifs is 2. The van der Waals surface area contributed by atoms with E-state index in [1.807, 2.05) is 0 Å². The molecule has 1 saturated heterocycles. The number of hydrogen-bond donors (Lipinski definition) is 3. The van der Waals surface area contributed by atoms with E-state index in [1.54, 1.807) is 25.1 Å². The van der Waals surface area contributed by atoms with Crippen molar-refractivity contribution < 1.29 is 22.4 Å². The summed E-state index contributed by atoms with van der Waals surface area (Å²) in [6.45, 7) is 3.17. The minimum absolute atomic E-state index is 0.00710. The quantitative estimate of drug-likeness (QED) is 0.691. The number of aryl methyl sites for hydroxylation is 1. The zero-order chi connectivity index (χ0) is 19.3. The topological polar surface area (TPSA) is 118 Å². The molecule has 27 heavy (non-hydrogen) atoms. The van der Waals surface area contributed by atoms with Gasteiger partial charge in [0.1, 0.15) is 11.3 Å². The normalized spacial score (nSPS) is 25.0. The molecular weight excluding hydrogens is 370 g/mol. The number of carbonyl (C=O) groups is 2. The van der Waals surface area contributed by atoms with Crippen molar-refractivity contribution in [3.63, 3.8) is 0 Å². The van der Waals surface area contributed by atoms with Crippen LogP contribution in [0.5, 0.6) is 0 Å². The summed E-state index contributed by atoms with van der Waals surface area (Å²) in [4.78, 5) is 23.3. The van der Waals surface area contributed by atoms with Crippen molar-refractivity contribution in [2.24, 2.45) is 0 Å². The van der Waals surface area contributed by atoms with E-state index in [2.05, 4.69) is 15.4 Å². The van der Waals surface area contributed by atoms with E-state index in [-0.39, 0.29) is 23.9 Å². The first-order valence-electron chi connectivity index (χ1n) is 8.87. The van der Waals surface area contributed by atoms with Crippen LogP contribution in [-0.2, 0) is 10.0 Å². The zero-order valence-corrected chi connectivity index (χ0v) is 15.9. The Morgan fingerprint density at radius 2 is 1.96 bits per heavy atom. The fraction of sp³-hybridized carbons (Fsp3) is 0.444. The third-order valence-electron chi connectivity index (χ3n) is 5.35. The molecule has 2 aromatic rings. The maximum atomic E-state index is 12.9. The van der Waals surface area contributed by atoms with E-state index in [4.69, 9.17) is 4.42 Å². The Balaban J connectivity index is 1.58. The Hall–Kier alpha value is -2.55. The molecule has 0 radical (unpaired) electrons. The summed E-state index contributed by atoms with van der Waals surface area (Å²) >= 11 is 0. The van der Waals surface area contributed by atoms with Gasteiger partial charge in [-0.3, -0.25) is 9.52 Å². The van der Waals surface area contributed by atoms with Gasteiger partial charge in [-0.1, -0.05) is 0 Å². The molecule has 4 rings (SSSR count). The molecule has 3 atom stereocenters. The van der Waals surface area contributed by atoms with Crippen LogP contribution in [0.25, 0.3) is 11.0 Å². The lowest BCUT2D eigenvalue weighted by Crippen LogP contribution is -2.45. The molecule has 1 aliphatic heterocycles. The number of rotatable bonds is 4. The van der Waals surface area contributed by atoms with Gasteiger partial charge in [-0.25, -0.2) is 13.2 Å². The number of ketones is 1. The molecule has 0 bridgehead atoms. The molecule has 1 saturated carbocycles. The molecule has 144 valence electrons. The lowest BCUT2D eigenvalue weighted by Gasteiger charge is -2.30. The summed E-state index contributed by atoms with van der Waals surface area (Å²) in [6.07, 6.45) is 1.46. The first kappa shape index (κ1) is 17.8. The van der Waals surface area contributed by atoms with Crippen LogP contribution in [0.2, 0.25) is 0 Å². The van der Waals surface area contributed by atoms with Crippen LogP contribution in [-0.4, -0.2) is 37.6 Å². The first-order chi connectivity index (χ1) is 12.7. The second kappa shape index (κ2) is 6.26. The van der Waals surface area contributed by atoms with Crippen molar-refractivity contribution >= 4 is 38.5 Å². The van der Waals surface area contributed by atoms with Gasteiger partial charge in [-0.05, 0) is 51.3 Å². The average Bonchev–Trinajstić information content (AvgIpc) is 3.11. The molecular formula is C18H21N3O5S. The van der Waals surface area contributed by atoms with Crippen LogP contribution in [0.15, 0.2) is 22.6 Å². The highest BCUT2D eigenvalue weighted by Crippen LogP contribution is 2.31.